The van der Waals surface area contributed by atoms with Gasteiger partial charge in [0.25, 0.3) is 0 Å². The van der Waals surface area contributed by atoms with Gasteiger partial charge in [0.1, 0.15) is 0 Å². The highest BCUT2D eigenvalue weighted by atomic mass is 32.1. The number of likely N-dealkylation sites (tertiary alicyclic amines) is 1. The third-order valence-electron chi connectivity index (χ3n) is 5.60. The fraction of sp³-hybridized carbons (Fsp3) is 0.348. The Morgan fingerprint density at radius 2 is 1.74 bits per heavy atom. The van der Waals surface area contributed by atoms with E-state index in [0.29, 0.717) is 12.8 Å². The molecule has 2 aromatic carbocycles. The summed E-state index contributed by atoms with van der Waals surface area (Å²) < 4.78 is 1.17. The van der Waals surface area contributed by atoms with Crippen molar-refractivity contribution in [3.8, 4) is 0 Å². The molecule has 0 aliphatic carbocycles. The first-order chi connectivity index (χ1) is 13.1. The molecule has 140 valence electrons. The third kappa shape index (κ3) is 4.29. The minimum absolute atomic E-state index is 0.220. The largest absolute Gasteiger partial charge is 0.389 e. The molecule has 3 aromatic rings. The highest BCUT2D eigenvalue weighted by molar-refractivity contribution is 7.17. The first-order valence-electron chi connectivity index (χ1n) is 9.61. The Bertz CT molecular complexity index is 910. The number of hydrogen-bond acceptors (Lipinski definition) is 4. The summed E-state index contributed by atoms with van der Waals surface area (Å²) in [5.41, 5.74) is 1.42. The number of piperidine rings is 1. The molecular formula is C23H25NO2S. The van der Waals surface area contributed by atoms with Gasteiger partial charge in [-0.2, -0.15) is 0 Å². The highest BCUT2D eigenvalue weighted by Crippen LogP contribution is 2.28. The molecule has 0 amide bonds. The van der Waals surface area contributed by atoms with Crippen molar-refractivity contribution in [3.05, 3.63) is 71.1 Å². The normalized spacial score (nSPS) is 17.2. The average Bonchev–Trinajstić information content (AvgIpc) is 3.12. The summed E-state index contributed by atoms with van der Waals surface area (Å²) in [5.74, 6) is 0.220. The van der Waals surface area contributed by atoms with E-state index in [-0.39, 0.29) is 5.78 Å². The number of nitrogens with zero attached hydrogens (tertiary/aromatic N) is 1. The second kappa shape index (κ2) is 7.93. The summed E-state index contributed by atoms with van der Waals surface area (Å²) in [6.45, 7) is 2.46. The number of benzene rings is 2. The molecule has 0 spiro atoms. The van der Waals surface area contributed by atoms with Crippen molar-refractivity contribution in [2.24, 2.45) is 0 Å². The standard InChI is InChI=1S/C23H25NO2S/c25-21(20-17-27-22-9-5-4-8-19(20)22)10-13-24-14-11-23(26,12-15-24)16-18-6-2-1-3-7-18/h1-9,17,26H,10-16H2. The lowest BCUT2D eigenvalue weighted by Gasteiger charge is -2.38. The minimum atomic E-state index is -0.620. The van der Waals surface area contributed by atoms with Gasteiger partial charge in [0.2, 0.25) is 0 Å². The number of fused-ring (bicyclic) bond motifs is 1. The van der Waals surface area contributed by atoms with E-state index in [1.54, 1.807) is 11.3 Å². The molecule has 1 aliphatic heterocycles. The van der Waals surface area contributed by atoms with E-state index >= 15 is 0 Å². The first-order valence-corrected chi connectivity index (χ1v) is 10.5. The molecule has 0 saturated carbocycles. The van der Waals surface area contributed by atoms with Crippen molar-refractivity contribution in [2.45, 2.75) is 31.3 Å². The maximum Gasteiger partial charge on any atom is 0.165 e. The molecule has 0 unspecified atom stereocenters. The summed E-state index contributed by atoms with van der Waals surface area (Å²) in [6, 6.07) is 18.3. The van der Waals surface area contributed by atoms with E-state index < -0.39 is 5.60 Å². The summed E-state index contributed by atoms with van der Waals surface area (Å²) >= 11 is 1.64. The molecule has 1 aromatic heterocycles. The number of aliphatic hydroxyl groups is 1. The lowest BCUT2D eigenvalue weighted by molar-refractivity contribution is -0.0203. The minimum Gasteiger partial charge on any atom is -0.389 e. The van der Waals surface area contributed by atoms with E-state index in [1.165, 1.54) is 10.3 Å². The second-order valence-electron chi connectivity index (χ2n) is 7.55. The van der Waals surface area contributed by atoms with Crippen LogP contribution in [0.2, 0.25) is 0 Å². The fourth-order valence-corrected chi connectivity index (χ4v) is 4.90. The molecule has 0 bridgehead atoms. The zero-order chi connectivity index (χ0) is 18.7. The Kier molecular flexibility index (Phi) is 5.39. The number of Topliss-reactive ketones (excluding diaryl/α,β-unsaturated/α-hetero) is 1. The van der Waals surface area contributed by atoms with Crippen molar-refractivity contribution in [1.82, 2.24) is 4.90 Å². The molecular weight excluding hydrogens is 354 g/mol. The molecule has 2 heterocycles. The fourth-order valence-electron chi connectivity index (χ4n) is 3.93. The molecule has 4 rings (SSSR count). The number of thiophene rings is 1. The van der Waals surface area contributed by atoms with Crippen molar-refractivity contribution in [1.29, 1.82) is 0 Å². The van der Waals surface area contributed by atoms with Crippen LogP contribution in [0, 0.1) is 0 Å². The lowest BCUT2D eigenvalue weighted by atomic mass is 9.85. The predicted molar refractivity (Wildman–Crippen MR) is 112 cm³/mol. The Hall–Kier alpha value is -2.01. The third-order valence-corrected chi connectivity index (χ3v) is 6.56. The van der Waals surface area contributed by atoms with Crippen LogP contribution >= 0.6 is 11.3 Å². The predicted octanol–water partition coefficient (Wildman–Crippen LogP) is 4.54. The summed E-state index contributed by atoms with van der Waals surface area (Å²) in [6.07, 6.45) is 2.77. The van der Waals surface area contributed by atoms with Crippen LogP contribution in [-0.2, 0) is 6.42 Å². The van der Waals surface area contributed by atoms with Gasteiger partial charge in [0, 0.05) is 53.5 Å². The summed E-state index contributed by atoms with van der Waals surface area (Å²) in [7, 11) is 0. The van der Waals surface area contributed by atoms with E-state index in [2.05, 4.69) is 23.1 Å². The Labute approximate surface area is 164 Å². The molecule has 3 nitrogen and oxygen atoms in total. The van der Waals surface area contributed by atoms with Crippen LogP contribution < -0.4 is 0 Å². The van der Waals surface area contributed by atoms with E-state index in [0.717, 1.165) is 43.4 Å². The molecule has 0 atom stereocenters. The van der Waals surface area contributed by atoms with Crippen molar-refractivity contribution in [2.75, 3.05) is 19.6 Å². The number of rotatable bonds is 6. The maximum atomic E-state index is 12.7. The van der Waals surface area contributed by atoms with Crippen LogP contribution in [0.1, 0.15) is 35.2 Å². The van der Waals surface area contributed by atoms with Gasteiger partial charge in [-0.25, -0.2) is 0 Å². The van der Waals surface area contributed by atoms with Crippen LogP contribution in [-0.4, -0.2) is 41.0 Å². The van der Waals surface area contributed by atoms with Gasteiger partial charge >= 0.3 is 0 Å². The van der Waals surface area contributed by atoms with Crippen molar-refractivity contribution < 1.29 is 9.90 Å². The second-order valence-corrected chi connectivity index (χ2v) is 8.46. The number of carbonyl (C=O) groups excluding carboxylic acids is 1. The Balaban J connectivity index is 1.30. The van der Waals surface area contributed by atoms with Gasteiger partial charge in [-0.3, -0.25) is 4.79 Å². The van der Waals surface area contributed by atoms with Crippen molar-refractivity contribution in [3.63, 3.8) is 0 Å². The van der Waals surface area contributed by atoms with Gasteiger partial charge in [-0.1, -0.05) is 48.5 Å². The van der Waals surface area contributed by atoms with Crippen molar-refractivity contribution >= 4 is 27.2 Å². The van der Waals surface area contributed by atoms with E-state index in [4.69, 9.17) is 0 Å². The zero-order valence-electron chi connectivity index (χ0n) is 15.4. The SMILES string of the molecule is O=C(CCN1CCC(O)(Cc2ccccc2)CC1)c1csc2ccccc12. The Morgan fingerprint density at radius 1 is 1.04 bits per heavy atom. The molecule has 1 saturated heterocycles. The van der Waals surface area contributed by atoms with E-state index in [1.807, 2.05) is 41.8 Å². The van der Waals surface area contributed by atoms with Crippen LogP contribution in [0.5, 0.6) is 0 Å². The first kappa shape index (κ1) is 18.4. The van der Waals surface area contributed by atoms with Crippen LogP contribution in [0.15, 0.2) is 60.0 Å². The van der Waals surface area contributed by atoms with Crippen LogP contribution in [0.3, 0.4) is 0 Å². The highest BCUT2D eigenvalue weighted by Gasteiger charge is 2.32. The zero-order valence-corrected chi connectivity index (χ0v) is 16.3. The number of carbonyl (C=O) groups is 1. The van der Waals surface area contributed by atoms with Gasteiger partial charge in [0.15, 0.2) is 5.78 Å². The maximum absolute atomic E-state index is 12.7. The quantitative estimate of drug-likeness (QED) is 0.639. The summed E-state index contributed by atoms with van der Waals surface area (Å²) in [5, 5.41) is 14.0. The van der Waals surface area contributed by atoms with Gasteiger partial charge in [-0.05, 0) is 24.5 Å². The molecule has 1 aliphatic rings. The van der Waals surface area contributed by atoms with Gasteiger partial charge in [-0.15, -0.1) is 11.3 Å². The molecule has 4 heteroatoms. The summed E-state index contributed by atoms with van der Waals surface area (Å²) in [4.78, 5) is 15.0. The van der Waals surface area contributed by atoms with Gasteiger partial charge < -0.3 is 10.0 Å². The number of hydrogen-bond donors (Lipinski definition) is 1. The lowest BCUT2D eigenvalue weighted by Crippen LogP contribution is -2.46. The number of ketones is 1. The van der Waals surface area contributed by atoms with Gasteiger partial charge in [0.05, 0.1) is 5.60 Å². The molecule has 1 fully saturated rings. The molecule has 27 heavy (non-hydrogen) atoms. The smallest absolute Gasteiger partial charge is 0.165 e. The molecule has 0 radical (unpaired) electrons. The monoisotopic (exact) mass is 379 g/mol. The van der Waals surface area contributed by atoms with E-state index in [9.17, 15) is 9.90 Å². The average molecular weight is 380 g/mol. The Morgan fingerprint density at radius 3 is 2.52 bits per heavy atom. The van der Waals surface area contributed by atoms with Crippen LogP contribution in [0.4, 0.5) is 0 Å². The van der Waals surface area contributed by atoms with Crippen LogP contribution in [0.25, 0.3) is 10.1 Å². The molecule has 1 N–H and O–H groups in total. The topological polar surface area (TPSA) is 40.5 Å².